The first-order chi connectivity index (χ1) is 13.4. The number of benzene rings is 2. The number of carbonyl (C=O) groups is 2. The Labute approximate surface area is 165 Å². The van der Waals surface area contributed by atoms with E-state index in [2.05, 4.69) is 10.3 Å². The Morgan fingerprint density at radius 1 is 1.18 bits per heavy atom. The summed E-state index contributed by atoms with van der Waals surface area (Å²) < 4.78 is 13.7. The molecule has 0 spiro atoms. The number of pyridine rings is 1. The summed E-state index contributed by atoms with van der Waals surface area (Å²) in [5.41, 5.74) is 2.54. The molecule has 1 aliphatic rings. The molecule has 1 aromatic heterocycles. The summed E-state index contributed by atoms with van der Waals surface area (Å²) in [6.45, 7) is 1.64. The molecule has 140 valence electrons. The first kappa shape index (κ1) is 18.2. The van der Waals surface area contributed by atoms with Gasteiger partial charge in [0.1, 0.15) is 10.8 Å². The summed E-state index contributed by atoms with van der Waals surface area (Å²) in [6.07, 6.45) is 1.64. The van der Waals surface area contributed by atoms with Gasteiger partial charge in [0, 0.05) is 29.4 Å². The van der Waals surface area contributed by atoms with E-state index in [1.165, 1.54) is 17.8 Å². The van der Waals surface area contributed by atoms with Crippen molar-refractivity contribution in [3.05, 3.63) is 77.2 Å². The Balaban J connectivity index is 1.66. The van der Waals surface area contributed by atoms with Gasteiger partial charge < -0.3 is 10.2 Å². The molecule has 2 heterocycles. The van der Waals surface area contributed by atoms with Gasteiger partial charge in [-0.3, -0.25) is 9.59 Å². The van der Waals surface area contributed by atoms with Crippen LogP contribution in [0.2, 0.25) is 0 Å². The van der Waals surface area contributed by atoms with Crippen molar-refractivity contribution >= 4 is 35.0 Å². The smallest absolute Gasteiger partial charge is 0.260 e. The molecule has 7 heteroatoms. The monoisotopic (exact) mass is 393 g/mol. The van der Waals surface area contributed by atoms with E-state index in [0.29, 0.717) is 21.8 Å². The third-order valence-corrected chi connectivity index (χ3v) is 5.59. The Morgan fingerprint density at radius 2 is 2.00 bits per heavy atom. The second-order valence-electron chi connectivity index (χ2n) is 6.42. The maximum absolute atomic E-state index is 13.7. The number of rotatable bonds is 2. The van der Waals surface area contributed by atoms with Crippen molar-refractivity contribution in [3.63, 3.8) is 0 Å². The Kier molecular flexibility index (Phi) is 4.60. The maximum atomic E-state index is 13.7. The average Bonchev–Trinajstić information content (AvgIpc) is 2.79. The van der Waals surface area contributed by atoms with Crippen LogP contribution in [0.3, 0.4) is 0 Å². The molecule has 3 aromatic rings. The van der Waals surface area contributed by atoms with Crippen molar-refractivity contribution in [3.8, 4) is 0 Å². The molecule has 0 unspecified atom stereocenters. The highest BCUT2D eigenvalue weighted by atomic mass is 32.2. The molecule has 0 atom stereocenters. The van der Waals surface area contributed by atoms with Crippen LogP contribution in [0.5, 0.6) is 0 Å². The van der Waals surface area contributed by atoms with E-state index in [9.17, 15) is 14.0 Å². The average molecular weight is 393 g/mol. The number of anilines is 2. The number of nitrogens with one attached hydrogen (secondary N) is 1. The lowest BCUT2D eigenvalue weighted by Crippen LogP contribution is -2.26. The quantitative estimate of drug-likeness (QED) is 0.695. The summed E-state index contributed by atoms with van der Waals surface area (Å²) in [6, 6.07) is 13.1. The van der Waals surface area contributed by atoms with Crippen LogP contribution in [0.15, 0.2) is 64.6 Å². The van der Waals surface area contributed by atoms with Crippen molar-refractivity contribution in [2.24, 2.45) is 0 Å². The number of carbonyl (C=O) groups excluding carboxylic acids is 2. The van der Waals surface area contributed by atoms with E-state index in [0.717, 1.165) is 10.6 Å². The molecule has 0 saturated heterocycles. The fourth-order valence-corrected chi connectivity index (χ4v) is 4.00. The minimum Gasteiger partial charge on any atom is -0.322 e. The maximum Gasteiger partial charge on any atom is 0.260 e. The normalized spacial score (nSPS) is 12.8. The van der Waals surface area contributed by atoms with Crippen LogP contribution in [-0.4, -0.2) is 23.8 Å². The van der Waals surface area contributed by atoms with Gasteiger partial charge in [0.25, 0.3) is 11.8 Å². The fourth-order valence-electron chi connectivity index (χ4n) is 2.92. The Morgan fingerprint density at radius 3 is 2.79 bits per heavy atom. The van der Waals surface area contributed by atoms with Gasteiger partial charge in [-0.1, -0.05) is 17.8 Å². The van der Waals surface area contributed by atoms with E-state index < -0.39 is 11.7 Å². The van der Waals surface area contributed by atoms with Crippen molar-refractivity contribution < 1.29 is 14.0 Å². The van der Waals surface area contributed by atoms with Crippen LogP contribution in [-0.2, 0) is 0 Å². The van der Waals surface area contributed by atoms with Gasteiger partial charge in [0.15, 0.2) is 0 Å². The van der Waals surface area contributed by atoms with Crippen LogP contribution in [0.4, 0.5) is 15.8 Å². The van der Waals surface area contributed by atoms with Crippen LogP contribution in [0, 0.1) is 12.7 Å². The molecule has 5 nitrogen and oxygen atoms in total. The number of fused-ring (bicyclic) bond motifs is 2. The topological polar surface area (TPSA) is 62.3 Å². The minimum absolute atomic E-state index is 0.138. The third-order valence-electron chi connectivity index (χ3n) is 4.53. The van der Waals surface area contributed by atoms with Crippen molar-refractivity contribution in [2.75, 3.05) is 17.3 Å². The lowest BCUT2D eigenvalue weighted by Gasteiger charge is -2.18. The molecule has 0 bridgehead atoms. The molecule has 28 heavy (non-hydrogen) atoms. The van der Waals surface area contributed by atoms with E-state index in [4.69, 9.17) is 0 Å². The SMILES string of the molecule is Cc1ccc(C(=O)Nc2ccc3c(c2)Sc2ncccc2C(=O)N3C)cc1F. The highest BCUT2D eigenvalue weighted by Crippen LogP contribution is 2.41. The number of nitrogens with zero attached hydrogens (tertiary/aromatic N) is 2. The summed E-state index contributed by atoms with van der Waals surface area (Å²) in [4.78, 5) is 31.8. The first-order valence-corrected chi connectivity index (χ1v) is 9.38. The molecular formula is C21H16FN3O2S. The van der Waals surface area contributed by atoms with Crippen molar-refractivity contribution in [1.29, 1.82) is 0 Å². The molecule has 1 N–H and O–H groups in total. The zero-order valence-electron chi connectivity index (χ0n) is 15.2. The number of halogens is 1. The van der Waals surface area contributed by atoms with Gasteiger partial charge in [-0.2, -0.15) is 0 Å². The molecule has 0 saturated carbocycles. The lowest BCUT2D eigenvalue weighted by molar-refractivity contribution is 0.0987. The van der Waals surface area contributed by atoms with E-state index in [-0.39, 0.29) is 11.5 Å². The fraction of sp³-hybridized carbons (Fsp3) is 0.0952. The number of amides is 2. The summed E-state index contributed by atoms with van der Waals surface area (Å²) in [5.74, 6) is -0.963. The largest absolute Gasteiger partial charge is 0.322 e. The minimum atomic E-state index is -0.423. The van der Waals surface area contributed by atoms with Crippen LogP contribution in [0.25, 0.3) is 0 Å². The van der Waals surface area contributed by atoms with E-state index in [1.807, 2.05) is 0 Å². The highest BCUT2D eigenvalue weighted by Gasteiger charge is 2.25. The Hall–Kier alpha value is -3.19. The number of hydrogen-bond acceptors (Lipinski definition) is 4. The molecule has 2 aromatic carbocycles. The van der Waals surface area contributed by atoms with Gasteiger partial charge >= 0.3 is 0 Å². The first-order valence-electron chi connectivity index (χ1n) is 8.56. The van der Waals surface area contributed by atoms with Crippen LogP contribution < -0.4 is 10.2 Å². The number of hydrogen-bond donors (Lipinski definition) is 1. The van der Waals surface area contributed by atoms with Gasteiger partial charge in [-0.25, -0.2) is 9.37 Å². The van der Waals surface area contributed by atoms with Crippen LogP contribution in [0.1, 0.15) is 26.3 Å². The number of aryl methyl sites for hydroxylation is 1. The molecule has 1 aliphatic heterocycles. The summed E-state index contributed by atoms with van der Waals surface area (Å²) in [5, 5.41) is 3.40. The molecular weight excluding hydrogens is 377 g/mol. The second kappa shape index (κ2) is 7.09. The predicted molar refractivity (Wildman–Crippen MR) is 107 cm³/mol. The lowest BCUT2D eigenvalue weighted by atomic mass is 10.1. The summed E-state index contributed by atoms with van der Waals surface area (Å²) >= 11 is 1.37. The molecule has 0 fully saturated rings. The highest BCUT2D eigenvalue weighted by molar-refractivity contribution is 7.99. The standard InChI is InChI=1S/C21H16FN3O2S/c1-12-5-6-13(10-16(12)22)19(26)24-14-7-8-17-18(11-14)28-20-15(4-3-9-23-20)21(27)25(17)2/h3-11H,1-2H3,(H,24,26). The Bertz CT molecular complexity index is 1120. The molecule has 0 aliphatic carbocycles. The van der Waals surface area contributed by atoms with Gasteiger partial charge in [0.05, 0.1) is 11.3 Å². The summed E-state index contributed by atoms with van der Waals surface area (Å²) in [7, 11) is 1.71. The zero-order chi connectivity index (χ0) is 19.8. The van der Waals surface area contributed by atoms with E-state index >= 15 is 0 Å². The van der Waals surface area contributed by atoms with Crippen LogP contribution >= 0.6 is 11.8 Å². The third kappa shape index (κ3) is 3.25. The van der Waals surface area contributed by atoms with Gasteiger partial charge in [-0.15, -0.1) is 0 Å². The van der Waals surface area contributed by atoms with E-state index in [1.54, 1.807) is 67.5 Å². The van der Waals surface area contributed by atoms with Crippen molar-refractivity contribution in [2.45, 2.75) is 16.8 Å². The van der Waals surface area contributed by atoms with Crippen molar-refractivity contribution in [1.82, 2.24) is 4.98 Å². The number of aromatic nitrogens is 1. The second-order valence-corrected chi connectivity index (χ2v) is 7.45. The molecule has 0 radical (unpaired) electrons. The molecule has 2 amide bonds. The van der Waals surface area contributed by atoms with Gasteiger partial charge in [0.2, 0.25) is 0 Å². The molecule has 4 rings (SSSR count). The van der Waals surface area contributed by atoms with Gasteiger partial charge in [-0.05, 0) is 55.0 Å². The predicted octanol–water partition coefficient (Wildman–Crippen LogP) is 4.52. The zero-order valence-corrected chi connectivity index (χ0v) is 16.0.